The number of quaternary nitrogens is 1. The summed E-state index contributed by atoms with van der Waals surface area (Å²) in [5.74, 6) is 0. The van der Waals surface area contributed by atoms with E-state index >= 15 is 0 Å². The zero-order valence-electron chi connectivity index (χ0n) is 6.95. The highest BCUT2D eigenvalue weighted by atomic mass is 35.5. The Balaban J connectivity index is 0. The maximum atomic E-state index is 11.8. The van der Waals surface area contributed by atoms with Crippen LogP contribution in [0.3, 0.4) is 0 Å². The number of hydrogen-bond acceptors (Lipinski definition) is 0. The molecule has 3 heteroatoms. The van der Waals surface area contributed by atoms with Gasteiger partial charge in [0.1, 0.15) is 0 Å². The molecule has 64 valence electrons. The van der Waals surface area contributed by atoms with E-state index in [0.717, 1.165) is 6.42 Å². The fourth-order valence-electron chi connectivity index (χ4n) is 1.03. The third kappa shape index (κ3) is 5.00. The Morgan fingerprint density at radius 1 is 1.40 bits per heavy atom. The van der Waals surface area contributed by atoms with Gasteiger partial charge in [-0.2, -0.15) is 0 Å². The first-order chi connectivity index (χ1) is 4.22. The van der Waals surface area contributed by atoms with Crippen molar-refractivity contribution >= 4 is 0 Å². The van der Waals surface area contributed by atoms with Crippen LogP contribution < -0.4 is 17.3 Å². The molecule has 0 aliphatic heterocycles. The highest BCUT2D eigenvalue weighted by Gasteiger charge is 2.10. The molecule has 0 aromatic rings. The molecule has 0 aromatic heterocycles. The van der Waals surface area contributed by atoms with Gasteiger partial charge >= 0.3 is 0 Å². The van der Waals surface area contributed by atoms with Crippen molar-refractivity contribution in [1.82, 2.24) is 0 Å². The first kappa shape index (κ1) is 12.8. The molecule has 0 heterocycles. The minimum atomic E-state index is -0.177. The van der Waals surface area contributed by atoms with Crippen LogP contribution >= 0.6 is 0 Å². The average molecular weight is 170 g/mol. The molecule has 0 saturated carbocycles. The summed E-state index contributed by atoms with van der Waals surface area (Å²) in [5.41, 5.74) is 0. The Labute approximate surface area is 69.0 Å². The topological polar surface area (TPSA) is 4.44 Å². The third-order valence-electron chi connectivity index (χ3n) is 1.77. The molecule has 0 saturated heterocycles. The quantitative estimate of drug-likeness (QED) is 0.467. The third-order valence-corrected chi connectivity index (χ3v) is 1.77. The van der Waals surface area contributed by atoms with Gasteiger partial charge in [0.2, 0.25) is 0 Å². The average Bonchev–Trinajstić information content (AvgIpc) is 1.82. The molecule has 0 spiro atoms. The van der Waals surface area contributed by atoms with Crippen LogP contribution in [0.1, 0.15) is 19.8 Å². The Hall–Kier alpha value is 0.180. The smallest absolute Gasteiger partial charge is 0.0950 e. The van der Waals surface area contributed by atoms with Crippen molar-refractivity contribution in [3.05, 3.63) is 0 Å². The molecule has 1 atom stereocenters. The van der Waals surface area contributed by atoms with Crippen molar-refractivity contribution in [2.45, 2.75) is 25.8 Å². The van der Waals surface area contributed by atoms with Gasteiger partial charge in [-0.05, 0) is 6.42 Å². The first-order valence-corrected chi connectivity index (χ1v) is 3.58. The van der Waals surface area contributed by atoms with Crippen molar-refractivity contribution in [1.29, 1.82) is 0 Å². The molecule has 0 aliphatic carbocycles. The van der Waals surface area contributed by atoms with Gasteiger partial charge in [-0.15, -0.1) is 0 Å². The Morgan fingerprint density at radius 3 is 2.00 bits per heavy atom. The van der Waals surface area contributed by atoms with E-state index in [4.69, 9.17) is 0 Å². The standard InChI is InChI=1S/C7H16FN.ClH/c1-4-7(5-6-8)9(2)3;/h7H,4-6H2,1-3H3;1H. The Kier molecular flexibility index (Phi) is 9.35. The lowest BCUT2D eigenvalue weighted by molar-refractivity contribution is -0.886. The number of rotatable bonds is 4. The normalized spacial score (nSPS) is 12.9. The van der Waals surface area contributed by atoms with Crippen LogP contribution in [-0.2, 0) is 0 Å². The van der Waals surface area contributed by atoms with Crippen LogP contribution in [0.5, 0.6) is 0 Å². The van der Waals surface area contributed by atoms with Gasteiger partial charge in [-0.1, -0.05) is 6.92 Å². The van der Waals surface area contributed by atoms with Crippen LogP contribution in [0, 0.1) is 0 Å². The predicted octanol–water partition coefficient (Wildman–Crippen LogP) is -2.73. The number of alkyl halides is 1. The molecular formula is C7H17ClFN. The van der Waals surface area contributed by atoms with Crippen LogP contribution in [0.4, 0.5) is 4.39 Å². The number of nitrogens with one attached hydrogen (secondary N) is 1. The molecule has 1 nitrogen and oxygen atoms in total. The molecule has 0 rings (SSSR count). The highest BCUT2D eigenvalue weighted by molar-refractivity contribution is 4.49. The molecule has 0 aromatic carbocycles. The van der Waals surface area contributed by atoms with Gasteiger partial charge < -0.3 is 17.3 Å². The Bertz CT molecular complexity index is 68.6. The molecule has 0 bridgehead atoms. The van der Waals surface area contributed by atoms with Gasteiger partial charge in [-0.25, -0.2) is 0 Å². The highest BCUT2D eigenvalue weighted by Crippen LogP contribution is 1.91. The summed E-state index contributed by atoms with van der Waals surface area (Å²) in [4.78, 5) is 1.36. The number of halogens is 2. The maximum Gasteiger partial charge on any atom is 0.0950 e. The van der Waals surface area contributed by atoms with E-state index in [-0.39, 0.29) is 19.1 Å². The molecule has 0 aliphatic rings. The molecule has 0 radical (unpaired) electrons. The molecular weight excluding hydrogens is 153 g/mol. The summed E-state index contributed by atoms with van der Waals surface area (Å²) in [6.07, 6.45) is 1.78. The second-order valence-electron chi connectivity index (χ2n) is 2.66. The fourth-order valence-corrected chi connectivity index (χ4v) is 1.03. The summed E-state index contributed by atoms with van der Waals surface area (Å²) >= 11 is 0. The first-order valence-electron chi connectivity index (χ1n) is 3.58. The molecule has 10 heavy (non-hydrogen) atoms. The lowest BCUT2D eigenvalue weighted by Gasteiger charge is -2.17. The summed E-state index contributed by atoms with van der Waals surface area (Å²) in [6.45, 7) is 1.93. The summed E-state index contributed by atoms with van der Waals surface area (Å²) in [6, 6.07) is 0.509. The van der Waals surface area contributed by atoms with E-state index in [1.807, 2.05) is 0 Å². The van der Waals surface area contributed by atoms with Crippen molar-refractivity contribution in [3.63, 3.8) is 0 Å². The second-order valence-corrected chi connectivity index (χ2v) is 2.66. The minimum absolute atomic E-state index is 0. The minimum Gasteiger partial charge on any atom is -1.00 e. The molecule has 0 fully saturated rings. The maximum absolute atomic E-state index is 11.8. The fraction of sp³-hybridized carbons (Fsp3) is 1.00. The van der Waals surface area contributed by atoms with Crippen molar-refractivity contribution in [2.75, 3.05) is 20.8 Å². The van der Waals surface area contributed by atoms with Crippen LogP contribution in [0.2, 0.25) is 0 Å². The Morgan fingerprint density at radius 2 is 1.90 bits per heavy atom. The zero-order chi connectivity index (χ0) is 7.28. The van der Waals surface area contributed by atoms with E-state index in [0.29, 0.717) is 12.5 Å². The predicted molar refractivity (Wildman–Crippen MR) is 37.5 cm³/mol. The van der Waals surface area contributed by atoms with Crippen molar-refractivity contribution in [2.24, 2.45) is 0 Å². The van der Waals surface area contributed by atoms with Crippen LogP contribution in [0.25, 0.3) is 0 Å². The SMILES string of the molecule is CCC(CCF)[NH+](C)C.[Cl-]. The van der Waals surface area contributed by atoms with Gasteiger partial charge in [-0.3, -0.25) is 4.39 Å². The van der Waals surface area contributed by atoms with Gasteiger partial charge in [0.15, 0.2) is 0 Å². The van der Waals surface area contributed by atoms with E-state index in [9.17, 15) is 4.39 Å². The van der Waals surface area contributed by atoms with Crippen LogP contribution in [-0.4, -0.2) is 26.8 Å². The van der Waals surface area contributed by atoms with Crippen molar-refractivity contribution in [3.8, 4) is 0 Å². The van der Waals surface area contributed by atoms with Crippen molar-refractivity contribution < 1.29 is 21.7 Å². The summed E-state index contributed by atoms with van der Waals surface area (Å²) in [5, 5.41) is 0. The molecule has 1 N–H and O–H groups in total. The van der Waals surface area contributed by atoms with E-state index in [2.05, 4.69) is 21.0 Å². The number of hydrogen-bond donors (Lipinski definition) is 1. The van der Waals surface area contributed by atoms with Gasteiger partial charge in [0.25, 0.3) is 0 Å². The van der Waals surface area contributed by atoms with Gasteiger partial charge in [0.05, 0.1) is 26.8 Å². The van der Waals surface area contributed by atoms with E-state index in [1.165, 1.54) is 4.90 Å². The second kappa shape index (κ2) is 7.29. The molecule has 1 unspecified atom stereocenters. The largest absolute Gasteiger partial charge is 1.00 e. The zero-order valence-corrected chi connectivity index (χ0v) is 7.71. The monoisotopic (exact) mass is 169 g/mol. The van der Waals surface area contributed by atoms with Crippen LogP contribution in [0.15, 0.2) is 0 Å². The lowest BCUT2D eigenvalue weighted by atomic mass is 10.1. The summed E-state index contributed by atoms with van der Waals surface area (Å²) < 4.78 is 11.8. The van der Waals surface area contributed by atoms with E-state index in [1.54, 1.807) is 0 Å². The molecule has 0 amide bonds. The van der Waals surface area contributed by atoms with E-state index < -0.39 is 0 Å². The lowest BCUT2D eigenvalue weighted by Crippen LogP contribution is -3.10. The van der Waals surface area contributed by atoms with Gasteiger partial charge in [0, 0.05) is 6.42 Å². The summed E-state index contributed by atoms with van der Waals surface area (Å²) in [7, 11) is 4.15.